The van der Waals surface area contributed by atoms with Crippen LogP contribution in [0.2, 0.25) is 0 Å². The quantitative estimate of drug-likeness (QED) is 0.231. The van der Waals surface area contributed by atoms with Gasteiger partial charge in [0, 0.05) is 6.08 Å². The van der Waals surface area contributed by atoms with E-state index in [1.54, 1.807) is 0 Å². The van der Waals surface area contributed by atoms with Gasteiger partial charge in [-0.25, -0.2) is 4.79 Å². The van der Waals surface area contributed by atoms with E-state index in [9.17, 15) is 4.79 Å². The van der Waals surface area contributed by atoms with Crippen LogP contribution < -0.4 is 0 Å². The van der Waals surface area contributed by atoms with E-state index in [4.69, 9.17) is 4.74 Å². The van der Waals surface area contributed by atoms with Gasteiger partial charge in [0.25, 0.3) is 0 Å². The van der Waals surface area contributed by atoms with Gasteiger partial charge in [0.15, 0.2) is 0 Å². The molecular formula is C15H26O2. The number of rotatable bonds is 11. The number of unbranched alkanes of at least 4 members (excludes halogenated alkanes) is 6. The summed E-state index contributed by atoms with van der Waals surface area (Å²) in [4.78, 5) is 10.7. The average Bonchev–Trinajstić information content (AvgIpc) is 2.35. The van der Waals surface area contributed by atoms with Crippen LogP contribution in [0.25, 0.3) is 0 Å². The van der Waals surface area contributed by atoms with E-state index < -0.39 is 0 Å². The lowest BCUT2D eigenvalue weighted by atomic mass is 10.1. The van der Waals surface area contributed by atoms with Crippen LogP contribution >= 0.6 is 0 Å². The van der Waals surface area contributed by atoms with E-state index in [2.05, 4.69) is 25.7 Å². The zero-order valence-corrected chi connectivity index (χ0v) is 11.1. The Kier molecular flexibility index (Phi) is 12.2. The van der Waals surface area contributed by atoms with Crippen molar-refractivity contribution in [3.05, 3.63) is 24.8 Å². The molecule has 2 heteroatoms. The molecule has 0 aromatic carbocycles. The lowest BCUT2D eigenvalue weighted by Gasteiger charge is -1.99. The highest BCUT2D eigenvalue weighted by molar-refractivity contribution is 5.81. The molecule has 2 nitrogen and oxygen atoms in total. The standard InChI is InChI=1S/C15H26O2/c1-3-5-6-7-8-9-10-11-12-13-14-17-15(16)4-2/h4,10-11H,2-3,5-9,12-14H2,1H3/b11-10+. The fourth-order valence-corrected chi connectivity index (χ4v) is 1.53. The van der Waals surface area contributed by atoms with Crippen molar-refractivity contribution in [3.8, 4) is 0 Å². The van der Waals surface area contributed by atoms with Crippen molar-refractivity contribution in [2.24, 2.45) is 0 Å². The molecule has 0 bridgehead atoms. The van der Waals surface area contributed by atoms with Gasteiger partial charge in [-0.3, -0.25) is 0 Å². The summed E-state index contributed by atoms with van der Waals surface area (Å²) in [7, 11) is 0. The van der Waals surface area contributed by atoms with E-state index in [-0.39, 0.29) is 5.97 Å². The zero-order chi connectivity index (χ0) is 12.8. The Bertz CT molecular complexity index is 219. The van der Waals surface area contributed by atoms with Crippen molar-refractivity contribution < 1.29 is 9.53 Å². The van der Waals surface area contributed by atoms with Crippen molar-refractivity contribution in [1.29, 1.82) is 0 Å². The summed E-state index contributed by atoms with van der Waals surface area (Å²) in [5, 5.41) is 0. The monoisotopic (exact) mass is 238 g/mol. The number of ether oxygens (including phenoxy) is 1. The second kappa shape index (κ2) is 13.0. The summed E-state index contributed by atoms with van der Waals surface area (Å²) in [5.74, 6) is -0.329. The van der Waals surface area contributed by atoms with Crippen LogP contribution in [0.4, 0.5) is 0 Å². The molecule has 0 atom stereocenters. The largest absolute Gasteiger partial charge is 0.463 e. The van der Waals surface area contributed by atoms with Crippen molar-refractivity contribution >= 4 is 5.97 Å². The first-order chi connectivity index (χ1) is 8.31. The number of carbonyl (C=O) groups excluding carboxylic acids is 1. The summed E-state index contributed by atoms with van der Waals surface area (Å²) in [5.41, 5.74) is 0. The molecule has 0 radical (unpaired) electrons. The predicted molar refractivity (Wildman–Crippen MR) is 72.9 cm³/mol. The molecule has 0 N–H and O–H groups in total. The number of esters is 1. The van der Waals surface area contributed by atoms with E-state index in [0.717, 1.165) is 12.8 Å². The fraction of sp³-hybridized carbons (Fsp3) is 0.667. The highest BCUT2D eigenvalue weighted by Crippen LogP contribution is 2.05. The molecule has 0 saturated heterocycles. The van der Waals surface area contributed by atoms with Gasteiger partial charge in [-0.2, -0.15) is 0 Å². The Balaban J connectivity index is 3.14. The average molecular weight is 238 g/mol. The molecule has 0 aliphatic rings. The molecule has 17 heavy (non-hydrogen) atoms. The zero-order valence-electron chi connectivity index (χ0n) is 11.1. The maximum atomic E-state index is 10.7. The smallest absolute Gasteiger partial charge is 0.330 e. The normalized spacial score (nSPS) is 10.6. The first kappa shape index (κ1) is 16.0. The summed E-state index contributed by atoms with van der Waals surface area (Å²) in [6, 6.07) is 0. The molecule has 0 amide bonds. The highest BCUT2D eigenvalue weighted by atomic mass is 16.5. The minimum Gasteiger partial charge on any atom is -0.463 e. The highest BCUT2D eigenvalue weighted by Gasteiger charge is 1.92. The molecule has 0 saturated carbocycles. The molecule has 0 aromatic heterocycles. The van der Waals surface area contributed by atoms with Crippen molar-refractivity contribution in [3.63, 3.8) is 0 Å². The van der Waals surface area contributed by atoms with Crippen LogP contribution in [0.5, 0.6) is 0 Å². The molecule has 98 valence electrons. The first-order valence-electron chi connectivity index (χ1n) is 6.75. The maximum Gasteiger partial charge on any atom is 0.330 e. The molecule has 0 heterocycles. The van der Waals surface area contributed by atoms with Crippen LogP contribution in [-0.2, 0) is 9.53 Å². The molecule has 0 unspecified atom stereocenters. The Morgan fingerprint density at radius 2 is 1.71 bits per heavy atom. The minimum atomic E-state index is -0.329. The molecule has 0 rings (SSSR count). The van der Waals surface area contributed by atoms with Gasteiger partial charge in [0.05, 0.1) is 6.61 Å². The topological polar surface area (TPSA) is 26.3 Å². The van der Waals surface area contributed by atoms with Gasteiger partial charge >= 0.3 is 5.97 Å². The summed E-state index contributed by atoms with van der Waals surface area (Å²) >= 11 is 0. The third-order valence-corrected chi connectivity index (χ3v) is 2.57. The fourth-order valence-electron chi connectivity index (χ4n) is 1.53. The first-order valence-corrected chi connectivity index (χ1v) is 6.75. The van der Waals surface area contributed by atoms with Crippen LogP contribution in [0.1, 0.15) is 58.3 Å². The van der Waals surface area contributed by atoms with Crippen molar-refractivity contribution in [2.45, 2.75) is 58.3 Å². The molecule has 0 fully saturated rings. The van der Waals surface area contributed by atoms with Crippen LogP contribution in [-0.4, -0.2) is 12.6 Å². The molecule has 0 aromatic rings. The maximum absolute atomic E-state index is 10.7. The SMILES string of the molecule is C=CC(=O)OCCC/C=C/CCCCCCC. The minimum absolute atomic E-state index is 0.329. The Morgan fingerprint density at radius 3 is 2.35 bits per heavy atom. The second-order valence-corrected chi connectivity index (χ2v) is 4.19. The number of hydrogen-bond donors (Lipinski definition) is 0. The Morgan fingerprint density at radius 1 is 1.06 bits per heavy atom. The van der Waals surface area contributed by atoms with Gasteiger partial charge in [-0.15, -0.1) is 0 Å². The lowest BCUT2D eigenvalue weighted by molar-refractivity contribution is -0.137. The molecule has 0 aliphatic carbocycles. The van der Waals surface area contributed by atoms with Crippen molar-refractivity contribution in [1.82, 2.24) is 0 Å². The second-order valence-electron chi connectivity index (χ2n) is 4.19. The Labute approximate surface area is 106 Å². The third kappa shape index (κ3) is 12.9. The number of allylic oxidation sites excluding steroid dienone is 2. The summed E-state index contributed by atoms with van der Waals surface area (Å²) < 4.78 is 4.87. The van der Waals surface area contributed by atoms with E-state index in [1.165, 1.54) is 44.6 Å². The summed E-state index contributed by atoms with van der Waals surface area (Å²) in [6.45, 7) is 6.07. The number of hydrogen-bond acceptors (Lipinski definition) is 2. The van der Waals surface area contributed by atoms with Gasteiger partial charge in [-0.1, -0.05) is 51.3 Å². The van der Waals surface area contributed by atoms with E-state index in [1.807, 2.05) is 0 Å². The summed E-state index contributed by atoms with van der Waals surface area (Å²) in [6.07, 6.45) is 15.3. The van der Waals surface area contributed by atoms with Gasteiger partial charge in [0.1, 0.15) is 0 Å². The van der Waals surface area contributed by atoms with Gasteiger partial charge in [-0.05, 0) is 25.7 Å². The van der Waals surface area contributed by atoms with Gasteiger partial charge in [0.2, 0.25) is 0 Å². The van der Waals surface area contributed by atoms with Crippen molar-refractivity contribution in [2.75, 3.05) is 6.61 Å². The molecule has 0 aliphatic heterocycles. The predicted octanol–water partition coefficient (Wildman–Crippen LogP) is 4.41. The van der Waals surface area contributed by atoms with Crippen LogP contribution in [0.3, 0.4) is 0 Å². The Hall–Kier alpha value is -1.05. The van der Waals surface area contributed by atoms with E-state index >= 15 is 0 Å². The van der Waals surface area contributed by atoms with Crippen LogP contribution in [0.15, 0.2) is 24.8 Å². The lowest BCUT2D eigenvalue weighted by Crippen LogP contribution is -2.00. The third-order valence-electron chi connectivity index (χ3n) is 2.57. The molecular weight excluding hydrogens is 212 g/mol. The van der Waals surface area contributed by atoms with Crippen LogP contribution in [0, 0.1) is 0 Å². The van der Waals surface area contributed by atoms with E-state index in [0.29, 0.717) is 6.61 Å². The number of carbonyl (C=O) groups is 1. The van der Waals surface area contributed by atoms with Gasteiger partial charge < -0.3 is 4.74 Å². The molecule has 0 spiro atoms.